The number of allylic oxidation sites excluding steroid dienone is 2. The van der Waals surface area contributed by atoms with Gasteiger partial charge in [0.25, 0.3) is 10.0 Å². The molecule has 2 aliphatic carbocycles. The number of para-hydroxylation sites is 2. The van der Waals surface area contributed by atoms with Crippen molar-refractivity contribution in [1.82, 2.24) is 4.90 Å². The second-order valence-corrected chi connectivity index (χ2v) is 10.7. The number of ether oxygens (including phenoxy) is 1. The van der Waals surface area contributed by atoms with Crippen molar-refractivity contribution in [3.05, 3.63) is 60.2 Å². The summed E-state index contributed by atoms with van der Waals surface area (Å²) in [6.07, 6.45) is 4.80. The second kappa shape index (κ2) is 8.53. The van der Waals surface area contributed by atoms with Crippen LogP contribution in [0.5, 0.6) is 5.75 Å². The molecule has 10 heteroatoms. The summed E-state index contributed by atoms with van der Waals surface area (Å²) in [4.78, 5) is 39.4. The summed E-state index contributed by atoms with van der Waals surface area (Å²) in [5.41, 5.74) is 0.997. The molecule has 2 aromatic rings. The summed E-state index contributed by atoms with van der Waals surface area (Å²) in [5, 5.41) is 2.62. The number of imide groups is 1. The molecular formula is C25H25N3O6S. The molecule has 2 fully saturated rings. The SMILES string of the molecule is COc1ccccc1NS(=O)(=O)c1cc(NC(=O)CN2C(=O)[C@@H]3[C@H](C2=O)[C@H]2C=C[C@H]3C2)ccc1C. The first-order chi connectivity index (χ1) is 16.7. The minimum absolute atomic E-state index is 0.0216. The molecule has 0 radical (unpaired) electrons. The fourth-order valence-corrected chi connectivity index (χ4v) is 6.70. The van der Waals surface area contributed by atoms with Crippen molar-refractivity contribution in [2.75, 3.05) is 23.7 Å². The van der Waals surface area contributed by atoms with Crippen molar-refractivity contribution in [2.45, 2.75) is 18.2 Å². The largest absolute Gasteiger partial charge is 0.495 e. The van der Waals surface area contributed by atoms with Crippen LogP contribution in [0.25, 0.3) is 0 Å². The van der Waals surface area contributed by atoms with Gasteiger partial charge in [-0.2, -0.15) is 0 Å². The van der Waals surface area contributed by atoms with Crippen molar-refractivity contribution in [3.63, 3.8) is 0 Å². The van der Waals surface area contributed by atoms with Crippen molar-refractivity contribution in [3.8, 4) is 5.75 Å². The molecule has 1 saturated heterocycles. The van der Waals surface area contributed by atoms with Gasteiger partial charge in [-0.05, 0) is 55.0 Å². The number of nitrogens with one attached hydrogen (secondary N) is 2. The zero-order valence-electron chi connectivity index (χ0n) is 19.2. The van der Waals surface area contributed by atoms with Gasteiger partial charge in [-0.1, -0.05) is 30.4 Å². The molecule has 0 spiro atoms. The Balaban J connectivity index is 1.31. The van der Waals surface area contributed by atoms with Gasteiger partial charge in [0.2, 0.25) is 17.7 Å². The lowest BCUT2D eigenvalue weighted by Gasteiger charge is -2.17. The lowest BCUT2D eigenvalue weighted by molar-refractivity contribution is -0.143. The third-order valence-corrected chi connectivity index (χ3v) is 8.48. The minimum atomic E-state index is -4.00. The molecule has 3 aliphatic rings. The number of amides is 3. The lowest BCUT2D eigenvalue weighted by atomic mass is 9.85. The first-order valence-corrected chi connectivity index (χ1v) is 12.8. The highest BCUT2D eigenvalue weighted by Gasteiger charge is 2.59. The fourth-order valence-electron chi connectivity index (χ4n) is 5.36. The van der Waals surface area contributed by atoms with E-state index in [1.807, 2.05) is 12.2 Å². The van der Waals surface area contributed by atoms with Gasteiger partial charge in [0.15, 0.2) is 0 Å². The number of rotatable bonds is 7. The third kappa shape index (κ3) is 3.97. The Morgan fingerprint density at radius 1 is 1.06 bits per heavy atom. The number of methoxy groups -OCH3 is 1. The summed E-state index contributed by atoms with van der Waals surface area (Å²) in [5.74, 6) is -1.43. The number of likely N-dealkylation sites (tertiary alicyclic amines) is 1. The zero-order chi connectivity index (χ0) is 24.9. The van der Waals surface area contributed by atoms with Crippen molar-refractivity contribution in [2.24, 2.45) is 23.7 Å². The first kappa shape index (κ1) is 23.1. The molecule has 182 valence electrons. The van der Waals surface area contributed by atoms with Gasteiger partial charge in [0, 0.05) is 5.69 Å². The van der Waals surface area contributed by atoms with E-state index in [4.69, 9.17) is 4.74 Å². The van der Waals surface area contributed by atoms with E-state index >= 15 is 0 Å². The second-order valence-electron chi connectivity index (χ2n) is 9.10. The number of sulfonamides is 1. The minimum Gasteiger partial charge on any atom is -0.495 e. The van der Waals surface area contributed by atoms with Gasteiger partial charge in [-0.25, -0.2) is 8.42 Å². The number of hydrogen-bond donors (Lipinski definition) is 2. The number of benzene rings is 2. The Morgan fingerprint density at radius 2 is 1.71 bits per heavy atom. The molecule has 3 amide bonds. The van der Waals surface area contributed by atoms with Crippen LogP contribution in [0.4, 0.5) is 11.4 Å². The van der Waals surface area contributed by atoms with E-state index in [-0.39, 0.29) is 51.8 Å². The van der Waals surface area contributed by atoms with Crippen LogP contribution in [0.3, 0.4) is 0 Å². The van der Waals surface area contributed by atoms with Gasteiger partial charge in [0.05, 0.1) is 29.5 Å². The maximum Gasteiger partial charge on any atom is 0.262 e. The van der Waals surface area contributed by atoms with E-state index in [2.05, 4.69) is 10.0 Å². The molecule has 9 nitrogen and oxygen atoms in total. The molecule has 0 unspecified atom stereocenters. The van der Waals surface area contributed by atoms with Crippen LogP contribution in [0, 0.1) is 30.6 Å². The zero-order valence-corrected chi connectivity index (χ0v) is 20.0. The van der Waals surface area contributed by atoms with Crippen LogP contribution in [0.2, 0.25) is 0 Å². The van der Waals surface area contributed by atoms with Crippen molar-refractivity contribution < 1.29 is 27.5 Å². The molecule has 5 rings (SSSR count). The Bertz CT molecular complexity index is 1340. The van der Waals surface area contributed by atoms with E-state index in [0.29, 0.717) is 11.3 Å². The quantitative estimate of drug-likeness (QED) is 0.450. The number of carbonyl (C=O) groups is 3. The molecule has 1 saturated carbocycles. The van der Waals surface area contributed by atoms with Crippen LogP contribution < -0.4 is 14.8 Å². The number of nitrogens with zero attached hydrogens (tertiary/aromatic N) is 1. The predicted molar refractivity (Wildman–Crippen MR) is 128 cm³/mol. The highest BCUT2D eigenvalue weighted by molar-refractivity contribution is 7.92. The monoisotopic (exact) mass is 495 g/mol. The Morgan fingerprint density at radius 3 is 2.37 bits per heavy atom. The van der Waals surface area contributed by atoms with Gasteiger partial charge < -0.3 is 10.1 Å². The number of hydrogen-bond acceptors (Lipinski definition) is 6. The summed E-state index contributed by atoms with van der Waals surface area (Å²) in [6, 6.07) is 11.1. The molecule has 2 bridgehead atoms. The number of aryl methyl sites for hydroxylation is 1. The first-order valence-electron chi connectivity index (χ1n) is 11.3. The van der Waals surface area contributed by atoms with E-state index < -0.39 is 22.5 Å². The standard InChI is InChI=1S/C25H25N3O6S/c1-14-7-10-17(12-20(14)35(32,33)27-18-5-3-4-6-19(18)34-2)26-21(29)13-28-24(30)22-15-8-9-16(11-15)23(22)25(28)31/h3-10,12,15-16,22-23,27H,11,13H2,1-2H3,(H,26,29)/t15-,16-,22-,23+/m0/s1. The topological polar surface area (TPSA) is 122 Å². The summed E-state index contributed by atoms with van der Waals surface area (Å²) in [7, 11) is -2.55. The summed E-state index contributed by atoms with van der Waals surface area (Å²) in [6.45, 7) is 1.24. The smallest absolute Gasteiger partial charge is 0.262 e. The van der Waals surface area contributed by atoms with Gasteiger partial charge in [-0.15, -0.1) is 0 Å². The summed E-state index contributed by atoms with van der Waals surface area (Å²) >= 11 is 0. The molecule has 2 N–H and O–H groups in total. The molecule has 2 aromatic carbocycles. The van der Waals surface area contributed by atoms with Gasteiger partial charge in [-0.3, -0.25) is 24.0 Å². The van der Waals surface area contributed by atoms with Crippen LogP contribution in [-0.4, -0.2) is 44.7 Å². The normalized spacial score (nSPS) is 24.6. The third-order valence-electron chi connectivity index (χ3n) is 6.98. The van der Waals surface area contributed by atoms with Crippen LogP contribution >= 0.6 is 0 Å². The van der Waals surface area contributed by atoms with Gasteiger partial charge >= 0.3 is 0 Å². The van der Waals surface area contributed by atoms with Crippen molar-refractivity contribution in [1.29, 1.82) is 0 Å². The Kier molecular flexibility index (Phi) is 5.63. The average Bonchev–Trinajstić information content (AvgIpc) is 3.50. The van der Waals surface area contributed by atoms with E-state index in [1.165, 1.54) is 13.2 Å². The molecule has 1 aliphatic heterocycles. The summed E-state index contributed by atoms with van der Waals surface area (Å²) < 4.78 is 33.9. The van der Waals surface area contributed by atoms with E-state index in [1.54, 1.807) is 43.3 Å². The molecule has 35 heavy (non-hydrogen) atoms. The van der Waals surface area contributed by atoms with E-state index in [0.717, 1.165) is 11.3 Å². The molecule has 0 aromatic heterocycles. The lowest BCUT2D eigenvalue weighted by Crippen LogP contribution is -2.39. The van der Waals surface area contributed by atoms with Crippen molar-refractivity contribution >= 4 is 39.1 Å². The Labute approximate surface area is 203 Å². The maximum atomic E-state index is 13.1. The predicted octanol–water partition coefficient (Wildman–Crippen LogP) is 2.55. The van der Waals surface area contributed by atoms with Crippen LogP contribution in [0.15, 0.2) is 59.5 Å². The van der Waals surface area contributed by atoms with Crippen LogP contribution in [-0.2, 0) is 24.4 Å². The molecule has 1 heterocycles. The fraction of sp³-hybridized carbons (Fsp3) is 0.320. The highest BCUT2D eigenvalue weighted by Crippen LogP contribution is 2.52. The molecular weight excluding hydrogens is 470 g/mol. The van der Waals surface area contributed by atoms with E-state index in [9.17, 15) is 22.8 Å². The van der Waals surface area contributed by atoms with Gasteiger partial charge in [0.1, 0.15) is 12.3 Å². The molecule has 4 atom stereocenters. The number of fused-ring (bicyclic) bond motifs is 5. The maximum absolute atomic E-state index is 13.1. The average molecular weight is 496 g/mol. The Hall–Kier alpha value is -3.66. The number of carbonyl (C=O) groups excluding carboxylic acids is 3. The number of anilines is 2. The van der Waals surface area contributed by atoms with Crippen LogP contribution in [0.1, 0.15) is 12.0 Å². The highest BCUT2D eigenvalue weighted by atomic mass is 32.2.